The van der Waals surface area contributed by atoms with Crippen LogP contribution in [0.25, 0.3) is 0 Å². The summed E-state index contributed by atoms with van der Waals surface area (Å²) in [5.74, 6) is 0.738. The monoisotopic (exact) mass is 318 g/mol. The summed E-state index contributed by atoms with van der Waals surface area (Å²) in [6.07, 6.45) is 5.10. The molecule has 0 saturated carbocycles. The highest BCUT2D eigenvalue weighted by molar-refractivity contribution is 7.13. The molecular weight excluding hydrogens is 300 g/mol. The molecule has 2 amide bonds. The van der Waals surface area contributed by atoms with Gasteiger partial charge in [0.05, 0.1) is 18.4 Å². The number of rotatable bonds is 4. The minimum atomic E-state index is -0.116. The number of aryl methyl sites for hydroxylation is 1. The van der Waals surface area contributed by atoms with Gasteiger partial charge in [-0.3, -0.25) is 10.3 Å². The van der Waals surface area contributed by atoms with Crippen LogP contribution in [0.4, 0.5) is 9.93 Å². The fraction of sp³-hybridized carbons (Fsp3) is 0.400. The average Bonchev–Trinajstić information content (AvgIpc) is 3.17. The van der Waals surface area contributed by atoms with Crippen molar-refractivity contribution in [3.63, 3.8) is 0 Å². The summed E-state index contributed by atoms with van der Waals surface area (Å²) in [4.78, 5) is 22.4. The van der Waals surface area contributed by atoms with E-state index >= 15 is 0 Å². The molecule has 1 saturated heterocycles. The highest BCUT2D eigenvalue weighted by Crippen LogP contribution is 2.20. The molecule has 1 fully saturated rings. The Morgan fingerprint density at radius 3 is 3.23 bits per heavy atom. The Kier molecular flexibility index (Phi) is 4.53. The molecule has 0 aromatic carbocycles. The lowest BCUT2D eigenvalue weighted by Gasteiger charge is -2.17. The maximum absolute atomic E-state index is 12.2. The van der Waals surface area contributed by atoms with E-state index in [9.17, 15) is 4.79 Å². The van der Waals surface area contributed by atoms with Gasteiger partial charge in [-0.15, -0.1) is 11.3 Å². The topological polar surface area (TPSA) is 67.4 Å². The Labute approximate surface area is 133 Å². The van der Waals surface area contributed by atoms with E-state index in [1.807, 2.05) is 24.4 Å². The number of anilines is 1. The van der Waals surface area contributed by atoms with Gasteiger partial charge in [-0.2, -0.15) is 0 Å². The molecule has 0 bridgehead atoms. The van der Waals surface area contributed by atoms with Crippen LogP contribution in [0.5, 0.6) is 5.75 Å². The number of carbonyl (C=O) groups excluding carboxylic acids is 1. The second-order valence-corrected chi connectivity index (χ2v) is 5.95. The highest BCUT2D eigenvalue weighted by Gasteiger charge is 2.28. The summed E-state index contributed by atoms with van der Waals surface area (Å²) in [6.45, 7) is 3.30. The Bertz CT molecular complexity index is 631. The molecule has 0 aliphatic carbocycles. The number of nitrogens with zero attached hydrogens (tertiary/aromatic N) is 3. The minimum absolute atomic E-state index is 0.0115. The lowest BCUT2D eigenvalue weighted by Crippen LogP contribution is -2.34. The molecule has 1 atom stereocenters. The van der Waals surface area contributed by atoms with Crippen LogP contribution >= 0.6 is 11.3 Å². The zero-order chi connectivity index (χ0) is 15.4. The summed E-state index contributed by atoms with van der Waals surface area (Å²) >= 11 is 1.46. The average molecular weight is 318 g/mol. The van der Waals surface area contributed by atoms with Gasteiger partial charge in [-0.05, 0) is 18.6 Å². The van der Waals surface area contributed by atoms with E-state index < -0.39 is 0 Å². The van der Waals surface area contributed by atoms with Crippen molar-refractivity contribution in [2.75, 3.05) is 18.4 Å². The molecule has 116 valence electrons. The molecule has 0 radical (unpaired) electrons. The molecule has 2 aromatic heterocycles. The Hall–Kier alpha value is -2.15. The molecule has 1 aliphatic rings. The quantitative estimate of drug-likeness (QED) is 0.941. The molecular formula is C15H18N4O2S. The SMILES string of the molecule is CCc1csc(NC(=O)N2CC[C@H](Oc3cccnc3)C2)n1. The predicted octanol–water partition coefficient (Wildman–Crippen LogP) is 2.79. The molecule has 0 spiro atoms. The zero-order valence-corrected chi connectivity index (χ0v) is 13.2. The number of urea groups is 1. The molecule has 3 rings (SSSR count). The van der Waals surface area contributed by atoms with Gasteiger partial charge in [-0.1, -0.05) is 6.92 Å². The van der Waals surface area contributed by atoms with Crippen LogP contribution < -0.4 is 10.1 Å². The molecule has 2 aromatic rings. The molecule has 3 heterocycles. The predicted molar refractivity (Wildman–Crippen MR) is 85.4 cm³/mol. The Morgan fingerprint density at radius 1 is 1.59 bits per heavy atom. The molecule has 6 nitrogen and oxygen atoms in total. The maximum Gasteiger partial charge on any atom is 0.323 e. The number of amides is 2. The summed E-state index contributed by atoms with van der Waals surface area (Å²) in [5.41, 5.74) is 1.000. The summed E-state index contributed by atoms with van der Waals surface area (Å²) in [6, 6.07) is 3.59. The number of likely N-dealkylation sites (tertiary alicyclic amines) is 1. The van der Waals surface area contributed by atoms with Crippen molar-refractivity contribution in [1.82, 2.24) is 14.9 Å². The van der Waals surface area contributed by atoms with E-state index in [0.29, 0.717) is 18.2 Å². The van der Waals surface area contributed by atoms with Crippen LogP contribution in [0.3, 0.4) is 0 Å². The number of hydrogen-bond acceptors (Lipinski definition) is 5. The van der Waals surface area contributed by atoms with Crippen molar-refractivity contribution in [3.8, 4) is 5.75 Å². The van der Waals surface area contributed by atoms with Crippen molar-refractivity contribution in [2.24, 2.45) is 0 Å². The molecule has 0 unspecified atom stereocenters. The third-order valence-electron chi connectivity index (χ3n) is 3.50. The van der Waals surface area contributed by atoms with Gasteiger partial charge in [-0.25, -0.2) is 9.78 Å². The van der Waals surface area contributed by atoms with Gasteiger partial charge in [0.25, 0.3) is 0 Å². The number of thiazole rings is 1. The normalized spacial score (nSPS) is 17.5. The lowest BCUT2D eigenvalue weighted by molar-refractivity contribution is 0.194. The summed E-state index contributed by atoms with van der Waals surface area (Å²) in [5, 5.41) is 5.47. The molecule has 7 heteroatoms. The van der Waals surface area contributed by atoms with Crippen molar-refractivity contribution in [3.05, 3.63) is 35.6 Å². The van der Waals surface area contributed by atoms with E-state index in [1.165, 1.54) is 11.3 Å². The number of hydrogen-bond donors (Lipinski definition) is 1. The first-order valence-electron chi connectivity index (χ1n) is 7.31. The zero-order valence-electron chi connectivity index (χ0n) is 12.4. The number of ether oxygens (including phenoxy) is 1. The minimum Gasteiger partial charge on any atom is -0.487 e. The molecule has 1 N–H and O–H groups in total. The van der Waals surface area contributed by atoms with E-state index in [4.69, 9.17) is 4.74 Å². The van der Waals surface area contributed by atoms with E-state index in [0.717, 1.165) is 24.3 Å². The third-order valence-corrected chi connectivity index (χ3v) is 4.30. The second-order valence-electron chi connectivity index (χ2n) is 5.09. The van der Waals surface area contributed by atoms with Crippen LogP contribution in [0.2, 0.25) is 0 Å². The fourth-order valence-corrected chi connectivity index (χ4v) is 3.10. The van der Waals surface area contributed by atoms with Crippen LogP contribution in [-0.2, 0) is 6.42 Å². The largest absolute Gasteiger partial charge is 0.487 e. The van der Waals surface area contributed by atoms with Gasteiger partial charge in [0, 0.05) is 24.5 Å². The summed E-state index contributed by atoms with van der Waals surface area (Å²) in [7, 11) is 0. The molecule has 22 heavy (non-hydrogen) atoms. The van der Waals surface area contributed by atoms with Crippen molar-refractivity contribution in [1.29, 1.82) is 0 Å². The van der Waals surface area contributed by atoms with Crippen molar-refractivity contribution < 1.29 is 9.53 Å². The van der Waals surface area contributed by atoms with E-state index in [2.05, 4.69) is 15.3 Å². The van der Waals surface area contributed by atoms with Crippen LogP contribution in [-0.4, -0.2) is 40.1 Å². The number of pyridine rings is 1. The second kappa shape index (κ2) is 6.74. The van der Waals surface area contributed by atoms with Crippen molar-refractivity contribution in [2.45, 2.75) is 25.9 Å². The Morgan fingerprint density at radius 2 is 2.50 bits per heavy atom. The first-order chi connectivity index (χ1) is 10.7. The van der Waals surface area contributed by atoms with Gasteiger partial charge < -0.3 is 9.64 Å². The van der Waals surface area contributed by atoms with Gasteiger partial charge >= 0.3 is 6.03 Å². The van der Waals surface area contributed by atoms with Crippen molar-refractivity contribution >= 4 is 22.5 Å². The first-order valence-corrected chi connectivity index (χ1v) is 8.19. The first kappa shape index (κ1) is 14.8. The van der Waals surface area contributed by atoms with Gasteiger partial charge in [0.2, 0.25) is 0 Å². The number of aromatic nitrogens is 2. The number of carbonyl (C=O) groups is 1. The van der Waals surface area contributed by atoms with Crippen LogP contribution in [0.15, 0.2) is 29.9 Å². The van der Waals surface area contributed by atoms with Gasteiger partial charge in [0.1, 0.15) is 11.9 Å². The van der Waals surface area contributed by atoms with Crippen LogP contribution in [0, 0.1) is 0 Å². The standard InChI is InChI=1S/C15H18N4O2S/c1-2-11-10-22-14(17-11)18-15(20)19-7-5-13(9-19)21-12-4-3-6-16-8-12/h3-4,6,8,10,13H,2,5,7,9H2,1H3,(H,17,18,20)/t13-/m0/s1. The van der Waals surface area contributed by atoms with E-state index in [-0.39, 0.29) is 12.1 Å². The highest BCUT2D eigenvalue weighted by atomic mass is 32.1. The summed E-state index contributed by atoms with van der Waals surface area (Å²) < 4.78 is 5.83. The number of nitrogens with one attached hydrogen (secondary N) is 1. The lowest BCUT2D eigenvalue weighted by atomic mass is 10.3. The maximum atomic E-state index is 12.2. The fourth-order valence-electron chi connectivity index (χ4n) is 2.32. The molecule has 1 aliphatic heterocycles. The van der Waals surface area contributed by atoms with Crippen LogP contribution in [0.1, 0.15) is 19.0 Å². The third kappa shape index (κ3) is 3.54. The van der Waals surface area contributed by atoms with E-state index in [1.54, 1.807) is 17.3 Å². The smallest absolute Gasteiger partial charge is 0.323 e. The Balaban J connectivity index is 1.52. The van der Waals surface area contributed by atoms with Gasteiger partial charge in [0.15, 0.2) is 5.13 Å².